The van der Waals surface area contributed by atoms with E-state index >= 15 is 0 Å². The lowest BCUT2D eigenvalue weighted by molar-refractivity contribution is -0.140. The summed E-state index contributed by atoms with van der Waals surface area (Å²) < 4.78 is 28.7. The van der Waals surface area contributed by atoms with E-state index in [0.717, 1.165) is 12.2 Å². The molecule has 0 saturated carbocycles. The molecule has 124 valence electrons. The number of aryl methyl sites for hydroxylation is 1. The summed E-state index contributed by atoms with van der Waals surface area (Å²) in [5.74, 6) is 0.752. The van der Waals surface area contributed by atoms with Crippen LogP contribution in [-0.4, -0.2) is 44.2 Å². The number of likely N-dealkylation sites (tertiary alicyclic amines) is 1. The maximum absolute atomic E-state index is 12.2. The first-order valence-corrected chi connectivity index (χ1v) is 9.61. The Morgan fingerprint density at radius 1 is 1.30 bits per heavy atom. The van der Waals surface area contributed by atoms with Crippen molar-refractivity contribution in [1.29, 1.82) is 0 Å². The third-order valence-electron chi connectivity index (χ3n) is 4.29. The summed E-state index contributed by atoms with van der Waals surface area (Å²) in [6, 6.07) is 7.94. The fourth-order valence-corrected chi connectivity index (χ4v) is 4.33. The second-order valence-electron chi connectivity index (χ2n) is 6.12. The van der Waals surface area contributed by atoms with Crippen molar-refractivity contribution in [3.05, 3.63) is 41.3 Å². The molecule has 1 amide bonds. The second kappa shape index (κ2) is 6.35. The Balaban J connectivity index is 1.47. The Labute approximate surface area is 136 Å². The van der Waals surface area contributed by atoms with E-state index in [0.29, 0.717) is 13.1 Å². The molecule has 0 aromatic heterocycles. The highest BCUT2D eigenvalue weighted by Crippen LogP contribution is 2.25. The average Bonchev–Trinajstić information content (AvgIpc) is 2.81. The molecule has 23 heavy (non-hydrogen) atoms. The van der Waals surface area contributed by atoms with Gasteiger partial charge in [0.2, 0.25) is 5.91 Å². The van der Waals surface area contributed by atoms with Crippen LogP contribution in [0.4, 0.5) is 0 Å². The van der Waals surface area contributed by atoms with E-state index in [1.807, 2.05) is 24.3 Å². The zero-order valence-electron chi connectivity index (χ0n) is 13.1. The van der Waals surface area contributed by atoms with Crippen molar-refractivity contribution in [3.8, 4) is 5.75 Å². The lowest BCUT2D eigenvalue weighted by Gasteiger charge is -2.39. The van der Waals surface area contributed by atoms with E-state index in [2.05, 4.69) is 6.92 Å². The number of hydrogen-bond acceptors (Lipinski definition) is 4. The molecule has 1 saturated heterocycles. The number of carbonyl (C=O) groups is 1. The quantitative estimate of drug-likeness (QED) is 0.823. The molecule has 3 rings (SSSR count). The Morgan fingerprint density at radius 3 is 2.70 bits per heavy atom. The number of hydrogen-bond donors (Lipinski definition) is 0. The number of nitrogens with zero attached hydrogens (tertiary/aromatic N) is 1. The molecule has 0 spiro atoms. The molecule has 0 radical (unpaired) electrons. The Bertz CT molecular complexity index is 720. The van der Waals surface area contributed by atoms with Gasteiger partial charge in [-0.15, -0.1) is 0 Å². The van der Waals surface area contributed by atoms with E-state index in [4.69, 9.17) is 4.74 Å². The smallest absolute Gasteiger partial charge is 0.223 e. The highest BCUT2D eigenvalue weighted by atomic mass is 32.2. The number of allylic oxidation sites excluding steroid dienone is 1. The summed E-state index contributed by atoms with van der Waals surface area (Å²) in [5.41, 5.74) is 1.17. The van der Waals surface area contributed by atoms with Gasteiger partial charge in [0, 0.05) is 17.7 Å². The van der Waals surface area contributed by atoms with Crippen LogP contribution in [0, 0.1) is 5.92 Å². The molecule has 2 aliphatic rings. The van der Waals surface area contributed by atoms with Crippen molar-refractivity contribution in [1.82, 2.24) is 4.90 Å². The normalized spacial score (nSPS) is 22.8. The van der Waals surface area contributed by atoms with Crippen LogP contribution in [0.1, 0.15) is 18.9 Å². The third-order valence-corrected chi connectivity index (χ3v) is 5.75. The number of carbonyl (C=O) groups excluding carboxylic acids is 1. The molecular formula is C17H21NO4S. The number of benzene rings is 1. The molecule has 0 aliphatic carbocycles. The molecule has 0 unspecified atom stereocenters. The highest BCUT2D eigenvalue weighted by molar-refractivity contribution is 7.94. The number of amides is 1. The average molecular weight is 335 g/mol. The van der Waals surface area contributed by atoms with E-state index < -0.39 is 9.84 Å². The van der Waals surface area contributed by atoms with Crippen LogP contribution >= 0.6 is 0 Å². The number of para-hydroxylation sites is 1. The maximum atomic E-state index is 12.2. The van der Waals surface area contributed by atoms with Crippen molar-refractivity contribution >= 4 is 15.7 Å². The standard InChI is InChI=1S/C17H21NO4S/c1-2-14-5-3-4-6-16(14)22-15-10-18(11-15)17(19)9-13-7-8-23(20,21)12-13/h3-8,13,15H,2,9-12H2,1H3/t13-/m0/s1. The number of ether oxygens (including phenoxy) is 1. The molecule has 2 aliphatic heterocycles. The molecule has 1 atom stereocenters. The minimum atomic E-state index is -3.09. The molecule has 2 heterocycles. The van der Waals surface area contributed by atoms with Crippen LogP contribution in [0.5, 0.6) is 5.75 Å². The minimum Gasteiger partial charge on any atom is -0.486 e. The van der Waals surface area contributed by atoms with Crippen molar-refractivity contribution in [2.24, 2.45) is 5.92 Å². The Kier molecular flexibility index (Phi) is 4.43. The van der Waals surface area contributed by atoms with E-state index in [9.17, 15) is 13.2 Å². The van der Waals surface area contributed by atoms with Crippen LogP contribution in [0.2, 0.25) is 0 Å². The fourth-order valence-electron chi connectivity index (χ4n) is 2.93. The van der Waals surface area contributed by atoms with Gasteiger partial charge in [0.15, 0.2) is 9.84 Å². The zero-order chi connectivity index (χ0) is 16.4. The summed E-state index contributed by atoms with van der Waals surface area (Å²) in [4.78, 5) is 13.9. The summed E-state index contributed by atoms with van der Waals surface area (Å²) >= 11 is 0. The van der Waals surface area contributed by atoms with Crippen molar-refractivity contribution in [2.45, 2.75) is 25.9 Å². The van der Waals surface area contributed by atoms with Gasteiger partial charge in [-0.3, -0.25) is 4.79 Å². The molecule has 6 heteroatoms. The largest absolute Gasteiger partial charge is 0.486 e. The monoisotopic (exact) mass is 335 g/mol. The van der Waals surface area contributed by atoms with Crippen LogP contribution in [0.15, 0.2) is 35.7 Å². The van der Waals surface area contributed by atoms with Crippen LogP contribution in [0.25, 0.3) is 0 Å². The molecule has 1 aromatic rings. The van der Waals surface area contributed by atoms with Crippen LogP contribution in [-0.2, 0) is 21.1 Å². The Morgan fingerprint density at radius 2 is 2.04 bits per heavy atom. The zero-order valence-corrected chi connectivity index (χ0v) is 14.0. The van der Waals surface area contributed by atoms with Crippen molar-refractivity contribution in [2.75, 3.05) is 18.8 Å². The fraction of sp³-hybridized carbons (Fsp3) is 0.471. The van der Waals surface area contributed by atoms with Crippen molar-refractivity contribution < 1.29 is 17.9 Å². The van der Waals surface area contributed by atoms with Gasteiger partial charge in [-0.05, 0) is 18.1 Å². The van der Waals surface area contributed by atoms with Gasteiger partial charge in [0.05, 0.1) is 18.8 Å². The lowest BCUT2D eigenvalue weighted by atomic mass is 10.0. The van der Waals surface area contributed by atoms with Gasteiger partial charge in [0.1, 0.15) is 11.9 Å². The van der Waals surface area contributed by atoms with Gasteiger partial charge in [-0.25, -0.2) is 8.42 Å². The topological polar surface area (TPSA) is 63.7 Å². The van der Waals surface area contributed by atoms with Gasteiger partial charge in [-0.2, -0.15) is 0 Å². The van der Waals surface area contributed by atoms with E-state index in [1.165, 1.54) is 11.0 Å². The lowest BCUT2D eigenvalue weighted by Crippen LogP contribution is -2.56. The first-order valence-electron chi connectivity index (χ1n) is 7.90. The minimum absolute atomic E-state index is 0.000349. The van der Waals surface area contributed by atoms with E-state index in [-0.39, 0.29) is 30.1 Å². The SMILES string of the molecule is CCc1ccccc1OC1CN(C(=O)C[C@@H]2C=CS(=O)(=O)C2)C1. The van der Waals surface area contributed by atoms with Crippen molar-refractivity contribution in [3.63, 3.8) is 0 Å². The molecule has 0 bridgehead atoms. The summed E-state index contributed by atoms with van der Waals surface area (Å²) in [6.07, 6.45) is 2.81. The Hall–Kier alpha value is -1.82. The molecule has 1 fully saturated rings. The number of rotatable bonds is 5. The second-order valence-corrected chi connectivity index (χ2v) is 8.05. The molecule has 5 nitrogen and oxygen atoms in total. The molecule has 1 aromatic carbocycles. The summed E-state index contributed by atoms with van der Waals surface area (Å²) in [6.45, 7) is 3.22. The van der Waals surface area contributed by atoms with Gasteiger partial charge in [0.25, 0.3) is 0 Å². The molecular weight excluding hydrogens is 314 g/mol. The van der Waals surface area contributed by atoms with Crippen LogP contribution in [0.3, 0.4) is 0 Å². The summed E-state index contributed by atoms with van der Waals surface area (Å²) in [7, 11) is -3.09. The van der Waals surface area contributed by atoms with Crippen LogP contribution < -0.4 is 4.74 Å². The highest BCUT2D eigenvalue weighted by Gasteiger charge is 2.34. The third kappa shape index (κ3) is 3.75. The van der Waals surface area contributed by atoms with Gasteiger partial charge in [-0.1, -0.05) is 31.2 Å². The first-order chi connectivity index (χ1) is 11.0. The van der Waals surface area contributed by atoms with E-state index in [1.54, 1.807) is 11.0 Å². The maximum Gasteiger partial charge on any atom is 0.223 e. The van der Waals surface area contributed by atoms with Gasteiger partial charge >= 0.3 is 0 Å². The predicted octanol–water partition coefficient (Wildman–Crippen LogP) is 1.79. The summed E-state index contributed by atoms with van der Waals surface area (Å²) in [5, 5.41) is 1.22. The number of sulfone groups is 1. The van der Waals surface area contributed by atoms with Gasteiger partial charge < -0.3 is 9.64 Å². The molecule has 0 N–H and O–H groups in total. The predicted molar refractivity (Wildman–Crippen MR) is 87.8 cm³/mol. The first kappa shape index (κ1) is 16.1.